The molecule has 11 heteroatoms. The molecular formula is C8H18NO9P. The molecule has 0 radical (unpaired) electrons. The molecule has 0 aliphatic carbocycles. The Balaban J connectivity index is 4.75. The van der Waals surface area contributed by atoms with Gasteiger partial charge in [-0.15, -0.1) is 0 Å². The molecule has 0 aliphatic heterocycles. The Morgan fingerprint density at radius 2 is 1.63 bits per heavy atom. The topological polar surface area (TPSA) is 191 Å². The minimum atomic E-state index is -4.70. The Hall–Kier alpha value is -0.420. The molecule has 0 saturated carbocycles. The summed E-state index contributed by atoms with van der Waals surface area (Å²) < 4.78 is 15.8. The lowest BCUT2D eigenvalue weighted by molar-refractivity contribution is -0.139. The Morgan fingerprint density at radius 3 is 2.05 bits per heavy atom. The Kier molecular flexibility index (Phi) is 7.82. The number of aliphatic hydroxyl groups is 5. The van der Waals surface area contributed by atoms with Crippen molar-refractivity contribution in [1.82, 2.24) is 0 Å². The van der Waals surface area contributed by atoms with Gasteiger partial charge in [0.05, 0.1) is 6.61 Å². The summed E-state index contributed by atoms with van der Waals surface area (Å²) in [6, 6.07) is 0. The molecule has 0 aromatic heterocycles. The van der Waals surface area contributed by atoms with E-state index in [2.05, 4.69) is 4.52 Å². The third-order valence-corrected chi connectivity index (χ3v) is 3.75. The molecule has 0 aliphatic rings. The predicted molar refractivity (Wildman–Crippen MR) is 60.9 cm³/mol. The first kappa shape index (κ1) is 18.6. The van der Waals surface area contributed by atoms with Gasteiger partial charge in [-0.1, -0.05) is 0 Å². The molecule has 2 unspecified atom stereocenters. The van der Waals surface area contributed by atoms with Crippen LogP contribution < -0.4 is 5.73 Å². The number of hydrogen-bond acceptors (Lipinski definition) is 9. The van der Waals surface area contributed by atoms with Crippen LogP contribution in [0.5, 0.6) is 0 Å². The van der Waals surface area contributed by atoms with Crippen LogP contribution in [0.2, 0.25) is 0 Å². The minimum Gasteiger partial charge on any atom is -0.387 e. The molecule has 8 N–H and O–H groups in total. The fraction of sp³-hybridized carbons (Fsp3) is 0.875. The van der Waals surface area contributed by atoms with Gasteiger partial charge in [0, 0.05) is 6.54 Å². The first-order valence-electron chi connectivity index (χ1n) is 5.21. The first-order chi connectivity index (χ1) is 8.68. The number of nitrogens with two attached hydrogens (primary N) is 1. The summed E-state index contributed by atoms with van der Waals surface area (Å²) in [4.78, 5) is 19.4. The highest BCUT2D eigenvalue weighted by Crippen LogP contribution is 2.48. The molecule has 19 heavy (non-hydrogen) atoms. The first-order valence-corrected chi connectivity index (χ1v) is 6.86. The molecule has 0 saturated heterocycles. The molecule has 0 bridgehead atoms. The lowest BCUT2D eigenvalue weighted by Gasteiger charge is -2.29. The summed E-state index contributed by atoms with van der Waals surface area (Å²) in [6.07, 6.45) is -8.84. The average Bonchev–Trinajstić information content (AvgIpc) is 2.40. The number of aldehydes is 1. The van der Waals surface area contributed by atoms with Crippen LogP contribution in [-0.2, 0) is 13.9 Å². The van der Waals surface area contributed by atoms with E-state index in [1.807, 2.05) is 0 Å². The van der Waals surface area contributed by atoms with Gasteiger partial charge in [0.1, 0.15) is 24.4 Å². The van der Waals surface area contributed by atoms with Crippen LogP contribution in [0.1, 0.15) is 0 Å². The highest BCUT2D eigenvalue weighted by molar-refractivity contribution is 7.53. The third-order valence-electron chi connectivity index (χ3n) is 2.22. The molecule has 0 spiro atoms. The minimum absolute atomic E-state index is 0.115. The second-order valence-electron chi connectivity index (χ2n) is 3.70. The molecule has 6 atom stereocenters. The number of hydrogen-bond donors (Lipinski definition) is 7. The van der Waals surface area contributed by atoms with E-state index in [9.17, 15) is 34.7 Å². The van der Waals surface area contributed by atoms with Crippen LogP contribution in [0.4, 0.5) is 0 Å². The predicted octanol–water partition coefficient (Wildman–Crippen LogP) is -3.89. The van der Waals surface area contributed by atoms with E-state index in [1.54, 1.807) is 0 Å². The van der Waals surface area contributed by atoms with Gasteiger partial charge < -0.3 is 45.5 Å². The van der Waals surface area contributed by atoms with Crippen LogP contribution in [0, 0.1) is 0 Å². The van der Waals surface area contributed by atoms with Gasteiger partial charge in [-0.3, -0.25) is 4.57 Å². The van der Waals surface area contributed by atoms with Crippen molar-refractivity contribution in [3.8, 4) is 0 Å². The van der Waals surface area contributed by atoms with Crippen LogP contribution in [0.3, 0.4) is 0 Å². The zero-order valence-corrected chi connectivity index (χ0v) is 10.7. The van der Waals surface area contributed by atoms with E-state index in [1.165, 1.54) is 0 Å². The van der Waals surface area contributed by atoms with E-state index in [0.717, 1.165) is 0 Å². The van der Waals surface area contributed by atoms with E-state index in [4.69, 9.17) is 10.8 Å². The Morgan fingerprint density at radius 1 is 1.11 bits per heavy atom. The third kappa shape index (κ3) is 5.22. The largest absolute Gasteiger partial charge is 0.387 e. The standard InChI is InChI=1S/C8H18NO9P/c9-1-2-18-19(16,17)8(15)7(14)6(13)5(12)4(11)3-10/h3-8,11-15H,1-2,9H2,(H,16,17)/t4-,5+,6-,7-,8?/m0/s1. The summed E-state index contributed by atoms with van der Waals surface area (Å²) in [5, 5.41) is 46.3. The highest BCUT2D eigenvalue weighted by Gasteiger charge is 2.43. The van der Waals surface area contributed by atoms with E-state index >= 15 is 0 Å². The summed E-state index contributed by atoms with van der Waals surface area (Å²) >= 11 is 0. The normalized spacial score (nSPS) is 22.9. The smallest absolute Gasteiger partial charge is 0.359 e. The van der Waals surface area contributed by atoms with Crippen molar-refractivity contribution in [2.45, 2.75) is 30.3 Å². The van der Waals surface area contributed by atoms with E-state index in [0.29, 0.717) is 0 Å². The second kappa shape index (κ2) is 8.00. The number of rotatable bonds is 9. The van der Waals surface area contributed by atoms with Gasteiger partial charge in [0.25, 0.3) is 0 Å². The highest BCUT2D eigenvalue weighted by atomic mass is 31.2. The van der Waals surface area contributed by atoms with Crippen molar-refractivity contribution in [3.05, 3.63) is 0 Å². The maximum atomic E-state index is 11.4. The van der Waals surface area contributed by atoms with Crippen molar-refractivity contribution in [1.29, 1.82) is 0 Å². The van der Waals surface area contributed by atoms with Gasteiger partial charge in [0.2, 0.25) is 0 Å². The van der Waals surface area contributed by atoms with Crippen molar-refractivity contribution < 1.29 is 44.3 Å². The summed E-state index contributed by atoms with van der Waals surface area (Å²) in [5.74, 6) is -2.44. The van der Waals surface area contributed by atoms with Gasteiger partial charge in [-0.25, -0.2) is 0 Å². The van der Waals surface area contributed by atoms with Crippen molar-refractivity contribution in [2.75, 3.05) is 13.2 Å². The molecule has 114 valence electrons. The number of aliphatic hydroxyl groups excluding tert-OH is 5. The maximum absolute atomic E-state index is 11.4. The summed E-state index contributed by atoms with van der Waals surface area (Å²) in [5.41, 5.74) is 5.02. The molecule has 0 aromatic carbocycles. The number of carbonyl (C=O) groups excluding carboxylic acids is 1. The summed E-state index contributed by atoms with van der Waals surface area (Å²) in [6.45, 7) is -0.504. The Labute approximate surface area is 108 Å². The molecule has 0 aromatic rings. The van der Waals surface area contributed by atoms with Crippen LogP contribution in [0.15, 0.2) is 0 Å². The molecule has 10 nitrogen and oxygen atoms in total. The fourth-order valence-electron chi connectivity index (χ4n) is 1.11. The maximum Gasteiger partial charge on any atom is 0.359 e. The molecule has 0 fully saturated rings. The second-order valence-corrected chi connectivity index (χ2v) is 5.61. The van der Waals surface area contributed by atoms with Crippen LogP contribution in [-0.4, -0.2) is 80.1 Å². The fourth-order valence-corrected chi connectivity index (χ4v) is 2.20. The quantitative estimate of drug-likeness (QED) is 0.164. The van der Waals surface area contributed by atoms with Gasteiger partial charge in [-0.2, -0.15) is 0 Å². The van der Waals surface area contributed by atoms with Crippen LogP contribution in [0.25, 0.3) is 0 Å². The lowest BCUT2D eigenvalue weighted by atomic mass is 10.0. The molecular weight excluding hydrogens is 285 g/mol. The monoisotopic (exact) mass is 303 g/mol. The lowest BCUT2D eigenvalue weighted by Crippen LogP contribution is -2.49. The molecule has 0 rings (SSSR count). The Bertz CT molecular complexity index is 327. The van der Waals surface area contributed by atoms with Gasteiger partial charge in [-0.05, 0) is 0 Å². The van der Waals surface area contributed by atoms with E-state index in [-0.39, 0.29) is 19.4 Å². The van der Waals surface area contributed by atoms with Crippen molar-refractivity contribution >= 4 is 13.9 Å². The summed E-state index contributed by atoms with van der Waals surface area (Å²) in [7, 11) is -4.70. The van der Waals surface area contributed by atoms with Gasteiger partial charge in [0.15, 0.2) is 12.1 Å². The SMILES string of the molecule is NCCOP(=O)(O)C(O)[C@@H](O)[C@@H](O)[C@H](O)[C@@H](O)C=O. The zero-order valence-electron chi connectivity index (χ0n) is 9.81. The molecule has 0 heterocycles. The number of carbonyl (C=O) groups is 1. The zero-order chi connectivity index (χ0) is 15.2. The average molecular weight is 303 g/mol. The van der Waals surface area contributed by atoms with Crippen LogP contribution >= 0.6 is 7.60 Å². The van der Waals surface area contributed by atoms with Crippen molar-refractivity contribution in [3.63, 3.8) is 0 Å². The van der Waals surface area contributed by atoms with E-state index < -0.39 is 37.9 Å². The van der Waals surface area contributed by atoms with Crippen molar-refractivity contribution in [2.24, 2.45) is 5.73 Å². The van der Waals surface area contributed by atoms with Gasteiger partial charge >= 0.3 is 7.60 Å². The molecule has 0 amide bonds.